The molecule has 5 nitrogen and oxygen atoms in total. The van der Waals surface area contributed by atoms with Crippen molar-refractivity contribution in [2.45, 2.75) is 25.8 Å². The molecule has 0 saturated carbocycles. The minimum Gasteiger partial charge on any atom is -0.549 e. The fourth-order valence-corrected chi connectivity index (χ4v) is 2.84. The Bertz CT molecular complexity index is 472. The molecule has 0 unspecified atom stereocenters. The van der Waals surface area contributed by atoms with Gasteiger partial charge in [0.05, 0.1) is 11.9 Å². The highest BCUT2D eigenvalue weighted by Gasteiger charge is 2.23. The summed E-state index contributed by atoms with van der Waals surface area (Å²) in [6, 6.07) is 10.1. The number of nitrogens with zero attached hydrogens (tertiary/aromatic N) is 1. The molecule has 1 aliphatic rings. The van der Waals surface area contributed by atoms with Gasteiger partial charge in [-0.2, -0.15) is 0 Å². The van der Waals surface area contributed by atoms with Crippen molar-refractivity contribution in [3.63, 3.8) is 0 Å². The third-order valence-electron chi connectivity index (χ3n) is 4.09. The zero-order chi connectivity index (χ0) is 15.2. The van der Waals surface area contributed by atoms with Gasteiger partial charge >= 0.3 is 0 Å². The fourth-order valence-electron chi connectivity index (χ4n) is 2.84. The summed E-state index contributed by atoms with van der Waals surface area (Å²) in [6.45, 7) is 2.58. The van der Waals surface area contributed by atoms with E-state index in [0.29, 0.717) is 0 Å². The van der Waals surface area contributed by atoms with Crippen molar-refractivity contribution in [1.29, 1.82) is 0 Å². The summed E-state index contributed by atoms with van der Waals surface area (Å²) < 4.78 is 0. The minimum atomic E-state index is -1.54. The summed E-state index contributed by atoms with van der Waals surface area (Å²) in [5.74, 6) is -4.46. The number of likely N-dealkylation sites (tertiary alicyclic amines) is 1. The zero-order valence-electron chi connectivity index (χ0n) is 12.3. The van der Waals surface area contributed by atoms with Crippen LogP contribution in [0.5, 0.6) is 0 Å². The van der Waals surface area contributed by atoms with Gasteiger partial charge in [0.2, 0.25) is 0 Å². The van der Waals surface area contributed by atoms with E-state index >= 15 is 0 Å². The van der Waals surface area contributed by atoms with E-state index in [1.54, 1.807) is 0 Å². The van der Waals surface area contributed by atoms with E-state index in [1.807, 2.05) is 18.2 Å². The van der Waals surface area contributed by atoms with Gasteiger partial charge in [-0.15, -0.1) is 12.4 Å². The van der Waals surface area contributed by atoms with Gasteiger partial charge in [0, 0.05) is 12.5 Å². The number of hydrogen-bond donors (Lipinski definition) is 0. The Labute approximate surface area is 136 Å². The molecule has 1 saturated heterocycles. The third kappa shape index (κ3) is 5.31. The van der Waals surface area contributed by atoms with Gasteiger partial charge in [-0.1, -0.05) is 30.3 Å². The molecule has 0 amide bonds. The number of carboxylic acid groups (broad SMARTS) is 2. The monoisotopic (exact) mass is 325 g/mol. The van der Waals surface area contributed by atoms with Crippen LogP contribution in [0.4, 0.5) is 0 Å². The number of aliphatic carboxylic acids is 2. The topological polar surface area (TPSA) is 83.5 Å². The van der Waals surface area contributed by atoms with Crippen LogP contribution in [0.2, 0.25) is 0 Å². The first kappa shape index (κ1) is 18.5. The van der Waals surface area contributed by atoms with Crippen molar-refractivity contribution < 1.29 is 19.8 Å². The van der Waals surface area contributed by atoms with Gasteiger partial charge < -0.3 is 19.8 Å². The summed E-state index contributed by atoms with van der Waals surface area (Å²) in [5.41, 5.74) is 1.25. The third-order valence-corrected chi connectivity index (χ3v) is 4.09. The number of rotatable bonds is 6. The van der Waals surface area contributed by atoms with E-state index in [4.69, 9.17) is 0 Å². The number of piperidine rings is 1. The first-order valence-corrected chi connectivity index (χ1v) is 7.24. The maximum atomic E-state index is 10.8. The maximum Gasteiger partial charge on any atom is 0.0501 e. The van der Waals surface area contributed by atoms with Gasteiger partial charge in [0.15, 0.2) is 0 Å². The number of carbonyl (C=O) groups excluding carboxylic acids is 2. The number of halogens is 1. The summed E-state index contributed by atoms with van der Waals surface area (Å²) >= 11 is 0. The summed E-state index contributed by atoms with van der Waals surface area (Å²) in [6.07, 6.45) is 1.73. The molecule has 1 fully saturated rings. The van der Waals surface area contributed by atoms with Crippen LogP contribution < -0.4 is 10.2 Å². The van der Waals surface area contributed by atoms with Crippen molar-refractivity contribution in [2.24, 2.45) is 11.8 Å². The van der Waals surface area contributed by atoms with Crippen LogP contribution in [0.1, 0.15) is 24.8 Å². The van der Waals surface area contributed by atoms with Gasteiger partial charge in [-0.05, 0) is 43.8 Å². The Hall–Kier alpha value is -1.59. The minimum absolute atomic E-state index is 0. The molecular formula is C16H20ClNO4-2. The van der Waals surface area contributed by atoms with Crippen LogP contribution in [0.3, 0.4) is 0 Å². The van der Waals surface area contributed by atoms with Gasteiger partial charge in [-0.3, -0.25) is 4.90 Å². The molecule has 0 aromatic heterocycles. The second-order valence-corrected chi connectivity index (χ2v) is 5.63. The predicted octanol–water partition coefficient (Wildman–Crippen LogP) is -0.173. The molecule has 6 heteroatoms. The predicted molar refractivity (Wildman–Crippen MR) is 79.8 cm³/mol. The number of benzene rings is 1. The molecule has 1 aliphatic heterocycles. The van der Waals surface area contributed by atoms with E-state index in [0.717, 1.165) is 32.5 Å². The molecule has 0 atom stereocenters. The van der Waals surface area contributed by atoms with Gasteiger partial charge in [0.25, 0.3) is 0 Å². The Morgan fingerprint density at radius 3 is 2.14 bits per heavy atom. The molecule has 1 heterocycles. The number of hydrogen-bond acceptors (Lipinski definition) is 5. The van der Waals surface area contributed by atoms with Crippen molar-refractivity contribution in [1.82, 2.24) is 4.90 Å². The molecule has 0 radical (unpaired) electrons. The number of carboxylic acids is 2. The standard InChI is InChI=1S/C16H21NO4.ClH/c18-15(19)14(16(20)21)10-12-6-8-17(9-7-12)11-13-4-2-1-3-5-13;/h1-5,12,14H,6-11H2,(H,18,19)(H,20,21);1H/p-2. The molecule has 0 spiro atoms. The molecule has 1 aromatic carbocycles. The highest BCUT2D eigenvalue weighted by Crippen LogP contribution is 2.25. The second kappa shape index (κ2) is 8.76. The lowest BCUT2D eigenvalue weighted by Gasteiger charge is -2.34. The van der Waals surface area contributed by atoms with E-state index in [-0.39, 0.29) is 24.7 Å². The maximum absolute atomic E-state index is 10.8. The van der Waals surface area contributed by atoms with E-state index in [2.05, 4.69) is 17.0 Å². The van der Waals surface area contributed by atoms with Crippen LogP contribution in [0.25, 0.3) is 0 Å². The Morgan fingerprint density at radius 2 is 1.64 bits per heavy atom. The quantitative estimate of drug-likeness (QED) is 0.678. The average Bonchev–Trinajstić information content (AvgIpc) is 2.47. The average molecular weight is 326 g/mol. The fraction of sp³-hybridized carbons (Fsp3) is 0.500. The molecule has 0 aliphatic carbocycles. The highest BCUT2D eigenvalue weighted by atomic mass is 35.5. The van der Waals surface area contributed by atoms with Crippen molar-refractivity contribution >= 4 is 24.3 Å². The largest absolute Gasteiger partial charge is 0.549 e. The lowest BCUT2D eigenvalue weighted by molar-refractivity contribution is -0.332. The molecule has 22 heavy (non-hydrogen) atoms. The van der Waals surface area contributed by atoms with Crippen LogP contribution >= 0.6 is 12.4 Å². The summed E-state index contributed by atoms with van der Waals surface area (Å²) in [7, 11) is 0. The second-order valence-electron chi connectivity index (χ2n) is 5.63. The van der Waals surface area contributed by atoms with Crippen LogP contribution in [-0.2, 0) is 16.1 Å². The van der Waals surface area contributed by atoms with Crippen molar-refractivity contribution in [3.8, 4) is 0 Å². The first-order valence-electron chi connectivity index (χ1n) is 7.24. The smallest absolute Gasteiger partial charge is 0.0501 e. The van der Waals surface area contributed by atoms with Crippen LogP contribution in [0.15, 0.2) is 30.3 Å². The Balaban J connectivity index is 0.00000242. The van der Waals surface area contributed by atoms with E-state index in [1.165, 1.54) is 5.56 Å². The summed E-state index contributed by atoms with van der Waals surface area (Å²) in [4.78, 5) is 23.9. The lowest BCUT2D eigenvalue weighted by atomic mass is 9.87. The first-order chi connectivity index (χ1) is 10.1. The zero-order valence-corrected chi connectivity index (χ0v) is 13.1. The SMILES string of the molecule is Cl.O=C([O-])C(CC1CCN(Cc2ccccc2)CC1)C(=O)[O-]. The summed E-state index contributed by atoms with van der Waals surface area (Å²) in [5, 5.41) is 21.6. The van der Waals surface area contributed by atoms with E-state index < -0.39 is 17.9 Å². The lowest BCUT2D eigenvalue weighted by Crippen LogP contribution is -2.45. The normalized spacial score (nSPS) is 16.2. The highest BCUT2D eigenvalue weighted by molar-refractivity contribution is 5.90. The van der Waals surface area contributed by atoms with Crippen molar-refractivity contribution in [3.05, 3.63) is 35.9 Å². The van der Waals surface area contributed by atoms with Crippen LogP contribution in [-0.4, -0.2) is 29.9 Å². The molecular weight excluding hydrogens is 306 g/mol. The van der Waals surface area contributed by atoms with Crippen LogP contribution in [0, 0.1) is 11.8 Å². The molecule has 0 N–H and O–H groups in total. The molecule has 122 valence electrons. The van der Waals surface area contributed by atoms with Gasteiger partial charge in [-0.25, -0.2) is 0 Å². The molecule has 2 rings (SSSR count). The van der Waals surface area contributed by atoms with Crippen molar-refractivity contribution in [2.75, 3.05) is 13.1 Å². The van der Waals surface area contributed by atoms with E-state index in [9.17, 15) is 19.8 Å². The molecule has 1 aromatic rings. The number of carbonyl (C=O) groups is 2. The Kier molecular flexibility index (Phi) is 7.35. The van der Waals surface area contributed by atoms with Gasteiger partial charge in [0.1, 0.15) is 0 Å². The molecule has 0 bridgehead atoms. The Morgan fingerprint density at radius 1 is 1.09 bits per heavy atom.